The Kier molecular flexibility index (Phi) is 3.91. The van der Waals surface area contributed by atoms with E-state index < -0.39 is 17.6 Å². The number of benzene rings is 1. The molecule has 0 aromatic heterocycles. The molecule has 0 spiro atoms. The Bertz CT molecular complexity index is 430. The molecule has 1 saturated heterocycles. The highest BCUT2D eigenvalue weighted by Crippen LogP contribution is 2.23. The number of carbonyl (C=O) groups is 1. The Morgan fingerprint density at radius 3 is 2.61 bits per heavy atom. The van der Waals surface area contributed by atoms with Gasteiger partial charge in [-0.05, 0) is 37.1 Å². The molecular weight excluding hydrogens is 240 g/mol. The summed E-state index contributed by atoms with van der Waals surface area (Å²) in [7, 11) is 0. The SMILES string of the molecule is O=C(O)CC1CCCN1Cc1cc(F)cc(F)c1. The van der Waals surface area contributed by atoms with E-state index in [9.17, 15) is 13.6 Å². The molecule has 0 aliphatic carbocycles. The van der Waals surface area contributed by atoms with E-state index in [0.29, 0.717) is 12.1 Å². The monoisotopic (exact) mass is 255 g/mol. The molecule has 1 heterocycles. The second-order valence-electron chi connectivity index (χ2n) is 4.64. The molecule has 3 nitrogen and oxygen atoms in total. The zero-order valence-corrected chi connectivity index (χ0v) is 9.90. The molecule has 2 rings (SSSR count). The van der Waals surface area contributed by atoms with Crippen LogP contribution in [0, 0.1) is 11.6 Å². The van der Waals surface area contributed by atoms with Crippen molar-refractivity contribution in [2.24, 2.45) is 0 Å². The van der Waals surface area contributed by atoms with Gasteiger partial charge in [-0.1, -0.05) is 0 Å². The molecule has 0 amide bonds. The van der Waals surface area contributed by atoms with Gasteiger partial charge < -0.3 is 5.11 Å². The number of carboxylic acid groups (broad SMARTS) is 1. The summed E-state index contributed by atoms with van der Waals surface area (Å²) in [5.41, 5.74) is 0.546. The molecule has 1 fully saturated rings. The fourth-order valence-corrected chi connectivity index (χ4v) is 2.47. The summed E-state index contributed by atoms with van der Waals surface area (Å²) >= 11 is 0. The van der Waals surface area contributed by atoms with E-state index in [1.165, 1.54) is 12.1 Å². The van der Waals surface area contributed by atoms with Crippen LogP contribution in [-0.4, -0.2) is 28.6 Å². The number of aliphatic carboxylic acids is 1. The molecule has 1 unspecified atom stereocenters. The first kappa shape index (κ1) is 13.0. The third-order valence-corrected chi connectivity index (χ3v) is 3.22. The number of halogens is 2. The molecule has 1 aromatic rings. The lowest BCUT2D eigenvalue weighted by molar-refractivity contribution is -0.138. The molecule has 0 saturated carbocycles. The Hall–Kier alpha value is -1.49. The number of likely N-dealkylation sites (tertiary alicyclic amines) is 1. The lowest BCUT2D eigenvalue weighted by Crippen LogP contribution is -2.30. The van der Waals surface area contributed by atoms with Crippen molar-refractivity contribution in [3.63, 3.8) is 0 Å². The van der Waals surface area contributed by atoms with Crippen molar-refractivity contribution in [1.82, 2.24) is 4.90 Å². The Balaban J connectivity index is 2.05. The molecule has 5 heteroatoms. The third-order valence-electron chi connectivity index (χ3n) is 3.22. The molecule has 0 bridgehead atoms. The molecule has 1 N–H and O–H groups in total. The normalized spacial score (nSPS) is 20.2. The maximum Gasteiger partial charge on any atom is 0.304 e. The van der Waals surface area contributed by atoms with Crippen molar-refractivity contribution in [2.75, 3.05) is 6.54 Å². The third kappa shape index (κ3) is 3.26. The van der Waals surface area contributed by atoms with Crippen molar-refractivity contribution in [2.45, 2.75) is 31.8 Å². The number of hydrogen-bond acceptors (Lipinski definition) is 2. The topological polar surface area (TPSA) is 40.5 Å². The fraction of sp³-hybridized carbons (Fsp3) is 0.462. The smallest absolute Gasteiger partial charge is 0.304 e. The summed E-state index contributed by atoms with van der Waals surface area (Å²) in [5.74, 6) is -2.03. The van der Waals surface area contributed by atoms with E-state index in [4.69, 9.17) is 5.11 Å². The van der Waals surface area contributed by atoms with Crippen LogP contribution in [-0.2, 0) is 11.3 Å². The van der Waals surface area contributed by atoms with Crippen LogP contribution in [0.1, 0.15) is 24.8 Å². The van der Waals surface area contributed by atoms with Gasteiger partial charge in [0.25, 0.3) is 0 Å². The van der Waals surface area contributed by atoms with Crippen molar-refractivity contribution in [3.8, 4) is 0 Å². The minimum Gasteiger partial charge on any atom is -0.481 e. The zero-order valence-electron chi connectivity index (χ0n) is 9.90. The summed E-state index contributed by atoms with van der Waals surface area (Å²) in [5, 5.41) is 8.80. The summed E-state index contributed by atoms with van der Waals surface area (Å²) in [4.78, 5) is 12.7. The minimum absolute atomic E-state index is 0.0335. The summed E-state index contributed by atoms with van der Waals surface area (Å²) in [6, 6.07) is 3.38. The fourth-order valence-electron chi connectivity index (χ4n) is 2.47. The van der Waals surface area contributed by atoms with Crippen molar-refractivity contribution >= 4 is 5.97 Å². The zero-order chi connectivity index (χ0) is 13.1. The van der Waals surface area contributed by atoms with E-state index >= 15 is 0 Å². The van der Waals surface area contributed by atoms with Crippen molar-refractivity contribution < 1.29 is 18.7 Å². The van der Waals surface area contributed by atoms with Crippen LogP contribution in [0.25, 0.3) is 0 Å². The molecule has 1 aromatic carbocycles. The molecular formula is C13H15F2NO2. The maximum absolute atomic E-state index is 13.1. The van der Waals surface area contributed by atoms with Gasteiger partial charge in [0.2, 0.25) is 0 Å². The highest BCUT2D eigenvalue weighted by molar-refractivity contribution is 5.67. The van der Waals surface area contributed by atoms with Crippen LogP contribution >= 0.6 is 0 Å². The molecule has 1 aliphatic heterocycles. The predicted molar refractivity (Wildman–Crippen MR) is 62.0 cm³/mol. The van der Waals surface area contributed by atoms with Crippen LogP contribution in [0.3, 0.4) is 0 Å². The van der Waals surface area contributed by atoms with Crippen molar-refractivity contribution in [3.05, 3.63) is 35.4 Å². The van der Waals surface area contributed by atoms with E-state index in [0.717, 1.165) is 25.5 Å². The van der Waals surface area contributed by atoms with Gasteiger partial charge in [-0.2, -0.15) is 0 Å². The number of nitrogens with zero attached hydrogens (tertiary/aromatic N) is 1. The lowest BCUT2D eigenvalue weighted by Gasteiger charge is -2.23. The maximum atomic E-state index is 13.1. The average molecular weight is 255 g/mol. The first-order valence-electron chi connectivity index (χ1n) is 5.95. The Morgan fingerprint density at radius 1 is 1.33 bits per heavy atom. The van der Waals surface area contributed by atoms with Crippen molar-refractivity contribution in [1.29, 1.82) is 0 Å². The van der Waals surface area contributed by atoms with Gasteiger partial charge in [0.1, 0.15) is 11.6 Å². The van der Waals surface area contributed by atoms with Crippen LogP contribution in [0.2, 0.25) is 0 Å². The van der Waals surface area contributed by atoms with Gasteiger partial charge in [0.15, 0.2) is 0 Å². The molecule has 98 valence electrons. The molecule has 1 atom stereocenters. The summed E-state index contributed by atoms with van der Waals surface area (Å²) in [6.45, 7) is 1.17. The van der Waals surface area contributed by atoms with Gasteiger partial charge >= 0.3 is 5.97 Å². The van der Waals surface area contributed by atoms with Gasteiger partial charge in [-0.3, -0.25) is 9.69 Å². The first-order valence-corrected chi connectivity index (χ1v) is 5.95. The van der Waals surface area contributed by atoms with E-state index in [-0.39, 0.29) is 12.5 Å². The summed E-state index contributed by atoms with van der Waals surface area (Å²) < 4.78 is 26.1. The van der Waals surface area contributed by atoms with Gasteiger partial charge in [0, 0.05) is 18.7 Å². The quantitative estimate of drug-likeness (QED) is 0.898. The highest BCUT2D eigenvalue weighted by Gasteiger charge is 2.26. The number of carboxylic acids is 1. The first-order chi connectivity index (χ1) is 8.54. The predicted octanol–water partition coefficient (Wildman–Crippen LogP) is 2.40. The van der Waals surface area contributed by atoms with E-state index in [1.54, 1.807) is 0 Å². The lowest BCUT2D eigenvalue weighted by atomic mass is 10.1. The second-order valence-corrected chi connectivity index (χ2v) is 4.64. The van der Waals surface area contributed by atoms with Gasteiger partial charge in [0.05, 0.1) is 6.42 Å². The van der Waals surface area contributed by atoms with Crippen LogP contribution in [0.5, 0.6) is 0 Å². The number of hydrogen-bond donors (Lipinski definition) is 1. The standard InChI is InChI=1S/C13H15F2NO2/c14-10-4-9(5-11(15)6-10)8-16-3-1-2-12(16)7-13(17)18/h4-6,12H,1-3,7-8H2,(H,17,18). The van der Waals surface area contributed by atoms with Crippen LogP contribution in [0.15, 0.2) is 18.2 Å². The number of rotatable bonds is 4. The largest absolute Gasteiger partial charge is 0.481 e. The van der Waals surface area contributed by atoms with Gasteiger partial charge in [-0.15, -0.1) is 0 Å². The summed E-state index contributed by atoms with van der Waals surface area (Å²) in [6.07, 6.45) is 1.83. The van der Waals surface area contributed by atoms with E-state index in [1.807, 2.05) is 4.90 Å². The molecule has 1 aliphatic rings. The minimum atomic E-state index is -0.836. The average Bonchev–Trinajstić information content (AvgIpc) is 2.63. The van der Waals surface area contributed by atoms with Crippen LogP contribution < -0.4 is 0 Å². The Labute approximate surface area is 104 Å². The Morgan fingerprint density at radius 2 is 2.00 bits per heavy atom. The highest BCUT2D eigenvalue weighted by atomic mass is 19.1. The van der Waals surface area contributed by atoms with Crippen LogP contribution in [0.4, 0.5) is 8.78 Å². The molecule has 18 heavy (non-hydrogen) atoms. The molecule has 0 radical (unpaired) electrons. The second kappa shape index (κ2) is 5.44. The van der Waals surface area contributed by atoms with Gasteiger partial charge in [-0.25, -0.2) is 8.78 Å². The van der Waals surface area contributed by atoms with E-state index in [2.05, 4.69) is 0 Å².